The normalized spacial score (nSPS) is 20.6. The molecule has 0 spiro atoms. The molecule has 3 N–H and O–H groups in total. The summed E-state index contributed by atoms with van der Waals surface area (Å²) in [5, 5.41) is 14.2. The predicted octanol–water partition coefficient (Wildman–Crippen LogP) is 3.69. The van der Waals surface area contributed by atoms with Gasteiger partial charge in [-0.05, 0) is 78.0 Å². The summed E-state index contributed by atoms with van der Waals surface area (Å²) in [6.07, 6.45) is -4.81. The molecule has 1 aromatic rings. The molecule has 1 aliphatic rings. The number of carbonyl (C=O) groups excluding carboxylic acids is 2. The molecule has 1 saturated carbocycles. The first-order valence-corrected chi connectivity index (χ1v) is 14.0. The van der Waals surface area contributed by atoms with E-state index in [1.165, 1.54) is 11.0 Å². The Morgan fingerprint density at radius 3 is 2.29 bits per heavy atom. The quantitative estimate of drug-likeness (QED) is 0.442. The molecule has 1 unspecified atom stereocenters. The van der Waals surface area contributed by atoms with Crippen molar-refractivity contribution in [3.05, 3.63) is 35.4 Å². The summed E-state index contributed by atoms with van der Waals surface area (Å²) < 4.78 is 64.2. The van der Waals surface area contributed by atoms with E-state index in [4.69, 9.17) is 0 Å². The lowest BCUT2D eigenvalue weighted by Crippen LogP contribution is -2.57. The van der Waals surface area contributed by atoms with E-state index in [9.17, 15) is 41.1 Å². The number of alkyl halides is 3. The Hall–Kier alpha value is -2.83. The van der Waals surface area contributed by atoms with Crippen molar-refractivity contribution in [1.29, 1.82) is 0 Å². The molecule has 1 fully saturated rings. The second-order valence-corrected chi connectivity index (χ2v) is 13.5. The van der Waals surface area contributed by atoms with Gasteiger partial charge in [-0.3, -0.25) is 9.59 Å². The lowest BCUT2D eigenvalue weighted by molar-refractivity contribution is -0.137. The lowest BCUT2D eigenvalue weighted by atomic mass is 9.80. The molecule has 0 heterocycles. The van der Waals surface area contributed by atoms with E-state index in [0.29, 0.717) is 18.9 Å². The van der Waals surface area contributed by atoms with Crippen molar-refractivity contribution in [2.75, 3.05) is 12.3 Å². The number of halogens is 3. The van der Waals surface area contributed by atoms with Crippen LogP contribution in [0.2, 0.25) is 0 Å². The Balaban J connectivity index is 2.13. The molecule has 214 valence electrons. The van der Waals surface area contributed by atoms with Crippen LogP contribution in [0.4, 0.5) is 18.0 Å². The van der Waals surface area contributed by atoms with Crippen molar-refractivity contribution >= 4 is 27.7 Å². The van der Waals surface area contributed by atoms with Crippen molar-refractivity contribution in [3.63, 3.8) is 0 Å². The van der Waals surface area contributed by atoms with Crippen LogP contribution in [0.3, 0.4) is 0 Å². The van der Waals surface area contributed by atoms with E-state index in [1.54, 1.807) is 34.6 Å². The van der Waals surface area contributed by atoms with Gasteiger partial charge in [-0.1, -0.05) is 6.07 Å². The van der Waals surface area contributed by atoms with Gasteiger partial charge in [0.25, 0.3) is 5.91 Å². The zero-order valence-corrected chi connectivity index (χ0v) is 22.9. The fraction of sp³-hybridized carbons (Fsp3) is 0.640. The highest BCUT2D eigenvalue weighted by molar-refractivity contribution is 7.91. The molecule has 13 heteroatoms. The Labute approximate surface area is 221 Å². The Morgan fingerprint density at radius 2 is 1.76 bits per heavy atom. The number of carboxylic acid groups (broad SMARTS) is 1. The monoisotopic (exact) mass is 563 g/mol. The predicted molar refractivity (Wildman–Crippen MR) is 135 cm³/mol. The maximum Gasteiger partial charge on any atom is 0.416 e. The number of sulfone groups is 1. The molecule has 0 radical (unpaired) electrons. The topological polar surface area (TPSA) is 133 Å². The number of carbonyl (C=O) groups is 3. The van der Waals surface area contributed by atoms with Gasteiger partial charge in [0.2, 0.25) is 5.91 Å². The van der Waals surface area contributed by atoms with Crippen LogP contribution in [0, 0.1) is 5.92 Å². The molecule has 1 aliphatic carbocycles. The highest BCUT2D eigenvalue weighted by atomic mass is 32.2. The maximum absolute atomic E-state index is 12.9. The van der Waals surface area contributed by atoms with Crippen molar-refractivity contribution in [3.8, 4) is 0 Å². The second kappa shape index (κ2) is 11.9. The van der Waals surface area contributed by atoms with Gasteiger partial charge in [0.1, 0.15) is 0 Å². The first-order valence-electron chi connectivity index (χ1n) is 12.3. The summed E-state index contributed by atoms with van der Waals surface area (Å²) in [6, 6.07) is 2.76. The molecular weight excluding hydrogens is 527 g/mol. The summed E-state index contributed by atoms with van der Waals surface area (Å²) in [7, 11) is -3.53. The lowest BCUT2D eigenvalue weighted by Gasteiger charge is -2.45. The smallest absolute Gasteiger partial charge is 0.416 e. The van der Waals surface area contributed by atoms with Crippen LogP contribution in [0.15, 0.2) is 24.3 Å². The number of nitrogens with one attached hydrogen (secondary N) is 2. The molecule has 0 aromatic heterocycles. The number of nitrogens with zero attached hydrogens (tertiary/aromatic N) is 1. The van der Waals surface area contributed by atoms with E-state index in [0.717, 1.165) is 12.1 Å². The number of hydrogen-bond donors (Lipinski definition) is 3. The first-order chi connectivity index (χ1) is 17.3. The fourth-order valence-electron chi connectivity index (χ4n) is 4.69. The summed E-state index contributed by atoms with van der Waals surface area (Å²) in [5.41, 5.74) is -1.97. The first kappa shape index (κ1) is 31.4. The molecule has 3 amide bonds. The molecule has 2 rings (SSSR count). The van der Waals surface area contributed by atoms with E-state index in [-0.39, 0.29) is 17.7 Å². The third-order valence-electron chi connectivity index (χ3n) is 6.62. The van der Waals surface area contributed by atoms with Crippen LogP contribution in [-0.2, 0) is 20.8 Å². The average Bonchev–Trinajstić information content (AvgIpc) is 2.77. The molecule has 3 atom stereocenters. The molecule has 0 saturated heterocycles. The van der Waals surface area contributed by atoms with Gasteiger partial charge in [-0.25, -0.2) is 13.2 Å². The summed E-state index contributed by atoms with van der Waals surface area (Å²) in [4.78, 5) is 38.3. The van der Waals surface area contributed by atoms with Crippen molar-refractivity contribution in [2.24, 2.45) is 5.92 Å². The third-order valence-corrected chi connectivity index (χ3v) is 8.95. The minimum absolute atomic E-state index is 0.219. The second-order valence-electron chi connectivity index (χ2n) is 10.9. The van der Waals surface area contributed by atoms with E-state index >= 15 is 0 Å². The van der Waals surface area contributed by atoms with Crippen LogP contribution in [-0.4, -0.2) is 71.5 Å². The fourth-order valence-corrected chi connectivity index (χ4v) is 6.04. The van der Waals surface area contributed by atoms with Gasteiger partial charge in [0.15, 0.2) is 9.84 Å². The molecule has 9 nitrogen and oxygen atoms in total. The van der Waals surface area contributed by atoms with Crippen molar-refractivity contribution in [2.45, 2.75) is 82.9 Å². The summed E-state index contributed by atoms with van der Waals surface area (Å²) in [5.74, 6) is -2.32. The van der Waals surface area contributed by atoms with E-state index < -0.39 is 74.8 Å². The summed E-state index contributed by atoms with van der Waals surface area (Å²) >= 11 is 0. The Kier molecular flexibility index (Phi) is 9.84. The molecular formula is C25H36F3N3O6S. The van der Waals surface area contributed by atoms with Crippen LogP contribution >= 0.6 is 0 Å². The Morgan fingerprint density at radius 1 is 1.13 bits per heavy atom. The Bertz CT molecular complexity index is 1130. The van der Waals surface area contributed by atoms with Crippen LogP contribution in [0.25, 0.3) is 0 Å². The van der Waals surface area contributed by atoms with Crippen molar-refractivity contribution < 1.29 is 41.1 Å². The van der Waals surface area contributed by atoms with Crippen LogP contribution < -0.4 is 10.6 Å². The number of rotatable bonds is 8. The highest BCUT2D eigenvalue weighted by Crippen LogP contribution is 2.33. The molecule has 38 heavy (non-hydrogen) atoms. The zero-order valence-electron chi connectivity index (χ0n) is 22.1. The maximum atomic E-state index is 12.9. The third kappa shape index (κ3) is 8.34. The molecule has 1 aromatic carbocycles. The molecule has 0 bridgehead atoms. The SMILES string of the molecule is CC(C)S(=O)(=O)C[C@@H]1CC(N(C(=O)O)C(C)(C)C)CC[C@@H]1NC(=O)CNC(=O)c1cccc(C(F)(F)F)c1. The highest BCUT2D eigenvalue weighted by Gasteiger charge is 2.41. The van der Waals surface area contributed by atoms with Gasteiger partial charge in [-0.2, -0.15) is 13.2 Å². The average molecular weight is 564 g/mol. The molecule has 0 aliphatic heterocycles. The van der Waals surface area contributed by atoms with Crippen molar-refractivity contribution in [1.82, 2.24) is 15.5 Å². The number of hydrogen-bond acceptors (Lipinski definition) is 5. The van der Waals surface area contributed by atoms with E-state index in [1.807, 2.05) is 0 Å². The van der Waals surface area contributed by atoms with Gasteiger partial charge in [0.05, 0.1) is 23.1 Å². The summed E-state index contributed by atoms with van der Waals surface area (Å²) in [6.45, 7) is 7.82. The van der Waals surface area contributed by atoms with Crippen LogP contribution in [0.1, 0.15) is 69.8 Å². The standard InChI is InChI=1S/C25H36F3N3O6S/c1-15(2)38(36,37)14-17-12-19(31(23(34)35)24(3,4)5)9-10-20(17)30-21(32)13-29-22(33)16-7-6-8-18(11-16)25(26,27)28/h6-8,11,15,17,19-20H,9-10,12-14H2,1-5H3,(H,29,33)(H,30,32)(H,34,35)/t17-,19?,20-/m0/s1. The minimum atomic E-state index is -4.62. The van der Waals surface area contributed by atoms with Gasteiger partial charge < -0.3 is 20.6 Å². The van der Waals surface area contributed by atoms with Gasteiger partial charge in [0, 0.05) is 23.2 Å². The van der Waals surface area contributed by atoms with Gasteiger partial charge >= 0.3 is 12.3 Å². The number of amides is 3. The van der Waals surface area contributed by atoms with Crippen LogP contribution in [0.5, 0.6) is 0 Å². The largest absolute Gasteiger partial charge is 0.465 e. The van der Waals surface area contributed by atoms with E-state index in [2.05, 4.69) is 10.6 Å². The van der Waals surface area contributed by atoms with Gasteiger partial charge in [-0.15, -0.1) is 0 Å². The zero-order chi connectivity index (χ0) is 29.1. The minimum Gasteiger partial charge on any atom is -0.465 e. The number of benzene rings is 1.